The molecule has 1 saturated heterocycles. The maximum atomic E-state index is 6.79. The van der Waals surface area contributed by atoms with E-state index in [1.807, 2.05) is 0 Å². The molecular formula is C26H35BN2O3. The molecule has 0 atom stereocenters. The highest BCUT2D eigenvalue weighted by Crippen LogP contribution is 2.55. The van der Waals surface area contributed by atoms with Crippen LogP contribution in [0.15, 0.2) is 41.5 Å². The fourth-order valence-electron chi connectivity index (χ4n) is 5.34. The van der Waals surface area contributed by atoms with Crippen molar-refractivity contribution in [2.75, 3.05) is 33.1 Å². The first-order valence-electron chi connectivity index (χ1n) is 11.5. The molecule has 32 heavy (non-hydrogen) atoms. The molecule has 2 aliphatic carbocycles. The van der Waals surface area contributed by atoms with Gasteiger partial charge in [-0.1, -0.05) is 25.4 Å². The summed E-state index contributed by atoms with van der Waals surface area (Å²) in [5.41, 5.74) is 6.93. The summed E-state index contributed by atoms with van der Waals surface area (Å²) in [6.45, 7) is 10.8. The van der Waals surface area contributed by atoms with E-state index in [-0.39, 0.29) is 5.41 Å². The number of fused-ring (bicyclic) bond motifs is 2. The molecule has 0 aromatic heterocycles. The van der Waals surface area contributed by atoms with Crippen molar-refractivity contribution in [1.82, 2.24) is 0 Å². The molecule has 1 spiro atoms. The minimum absolute atomic E-state index is 0.199. The Morgan fingerprint density at radius 1 is 0.906 bits per heavy atom. The van der Waals surface area contributed by atoms with Gasteiger partial charge in [-0.15, -0.1) is 0 Å². The summed E-state index contributed by atoms with van der Waals surface area (Å²) in [5.74, 6) is 0.883. The monoisotopic (exact) mass is 434 g/mol. The number of hydrogen-bond donors (Lipinski definition) is 0. The lowest BCUT2D eigenvalue weighted by Gasteiger charge is -2.38. The van der Waals surface area contributed by atoms with E-state index < -0.39 is 18.0 Å². The van der Waals surface area contributed by atoms with Gasteiger partial charge in [0, 0.05) is 54.1 Å². The van der Waals surface area contributed by atoms with Gasteiger partial charge >= 0.3 is 6.75 Å². The van der Waals surface area contributed by atoms with Crippen molar-refractivity contribution in [3.63, 3.8) is 0 Å². The van der Waals surface area contributed by atoms with E-state index in [0.29, 0.717) is 0 Å². The number of rotatable bonds is 1. The van der Waals surface area contributed by atoms with Crippen LogP contribution in [0.1, 0.15) is 52.7 Å². The first-order valence-corrected chi connectivity index (χ1v) is 11.5. The van der Waals surface area contributed by atoms with Crippen molar-refractivity contribution in [3.05, 3.63) is 52.6 Å². The van der Waals surface area contributed by atoms with Crippen LogP contribution in [0.3, 0.4) is 0 Å². The Hall–Kier alpha value is -2.31. The summed E-state index contributed by atoms with van der Waals surface area (Å²) >= 11 is 0. The maximum absolute atomic E-state index is 6.79. The predicted octanol–water partition coefficient (Wildman–Crippen LogP) is 3.74. The van der Waals surface area contributed by atoms with Crippen molar-refractivity contribution < 1.29 is 18.5 Å². The highest BCUT2D eigenvalue weighted by Gasteiger charge is 2.60. The third-order valence-corrected chi connectivity index (χ3v) is 8.01. The molecule has 2 aliphatic heterocycles. The molecule has 0 bridgehead atoms. The van der Waals surface area contributed by atoms with E-state index in [2.05, 4.69) is 110 Å². The van der Waals surface area contributed by atoms with Gasteiger partial charge in [0.2, 0.25) is 0 Å². The van der Waals surface area contributed by atoms with Gasteiger partial charge in [-0.3, -0.25) is 0 Å². The summed E-state index contributed by atoms with van der Waals surface area (Å²) in [6.07, 6.45) is 6.64. The highest BCUT2D eigenvalue weighted by molar-refractivity contribution is 6.79. The third kappa shape index (κ3) is 2.63. The second kappa shape index (κ2) is 6.18. The van der Waals surface area contributed by atoms with Crippen LogP contribution in [-0.4, -0.2) is 56.4 Å². The quantitative estimate of drug-likeness (QED) is 0.498. The minimum Gasteiger partial charge on any atom is -0.665 e. The van der Waals surface area contributed by atoms with E-state index in [1.54, 1.807) is 0 Å². The molecule has 2 heterocycles. The Balaban J connectivity index is 1.85. The number of anilines is 1. The lowest BCUT2D eigenvalue weighted by atomic mass is 9.62. The predicted molar refractivity (Wildman–Crippen MR) is 132 cm³/mol. The molecule has 0 N–H and O–H groups in total. The molecule has 0 radical (unpaired) electrons. The fourth-order valence-corrected chi connectivity index (χ4v) is 5.34. The SMILES string of the molecule is CN(C)c1cc2c3c(c1)C(C)(C)C1=CC(=[N+](C)C)C=CC1=C3O[B-]21OC(C)(C)C(C)(C)O1. The summed E-state index contributed by atoms with van der Waals surface area (Å²) in [7, 11) is 8.31. The zero-order valence-corrected chi connectivity index (χ0v) is 21.1. The standard InChI is InChI=1S/C26H35BN2O3/c1-24(2)19-13-16(28(7)8)11-12-18(19)23-22-20(24)14-17(29(9)10)15-21(22)27(30-23)31-25(3,4)26(5,6)32-27/h11-15H,1-10H3. The molecule has 0 amide bonds. The van der Waals surface area contributed by atoms with Crippen molar-refractivity contribution >= 4 is 29.4 Å². The molecule has 1 aromatic rings. The third-order valence-electron chi connectivity index (χ3n) is 8.01. The Morgan fingerprint density at radius 2 is 1.53 bits per heavy atom. The molecule has 1 fully saturated rings. The topological polar surface area (TPSA) is 33.9 Å². The van der Waals surface area contributed by atoms with Gasteiger partial charge in [-0.05, 0) is 56.5 Å². The van der Waals surface area contributed by atoms with Gasteiger partial charge in [0.25, 0.3) is 0 Å². The molecular weight excluding hydrogens is 399 g/mol. The van der Waals surface area contributed by atoms with Gasteiger partial charge in [-0.2, -0.15) is 0 Å². The molecule has 1 aromatic carbocycles. The second-order valence-corrected chi connectivity index (χ2v) is 11.4. The number of nitrogens with zero attached hydrogens (tertiary/aromatic N) is 2. The first kappa shape index (κ1) is 21.5. The summed E-state index contributed by atoms with van der Waals surface area (Å²) in [4.78, 5) is 2.14. The second-order valence-electron chi connectivity index (χ2n) is 11.4. The van der Waals surface area contributed by atoms with Crippen molar-refractivity contribution in [2.45, 2.75) is 58.2 Å². The van der Waals surface area contributed by atoms with E-state index in [4.69, 9.17) is 14.0 Å². The van der Waals surface area contributed by atoms with Gasteiger partial charge in [0.15, 0.2) is 5.71 Å². The van der Waals surface area contributed by atoms with Crippen LogP contribution >= 0.6 is 0 Å². The van der Waals surface area contributed by atoms with E-state index in [9.17, 15) is 0 Å². The van der Waals surface area contributed by atoms with Crippen molar-refractivity contribution in [3.8, 4) is 0 Å². The van der Waals surface area contributed by atoms with Gasteiger partial charge in [0.1, 0.15) is 14.1 Å². The molecule has 170 valence electrons. The highest BCUT2D eigenvalue weighted by atomic mass is 16.8. The van der Waals surface area contributed by atoms with E-state index >= 15 is 0 Å². The Bertz CT molecular complexity index is 1160. The maximum Gasteiger partial charge on any atom is 0.467 e. The number of benzene rings is 1. The average Bonchev–Trinajstić information content (AvgIpc) is 3.08. The zero-order chi connectivity index (χ0) is 23.4. The van der Waals surface area contributed by atoms with E-state index in [1.165, 1.54) is 16.8 Å². The molecule has 0 unspecified atom stereocenters. The van der Waals surface area contributed by atoms with Gasteiger partial charge < -0.3 is 18.9 Å². The van der Waals surface area contributed by atoms with Crippen LogP contribution in [0.25, 0.3) is 5.76 Å². The molecule has 0 saturated carbocycles. The van der Waals surface area contributed by atoms with Crippen molar-refractivity contribution in [2.24, 2.45) is 0 Å². The van der Waals surface area contributed by atoms with Gasteiger partial charge in [-0.25, -0.2) is 4.58 Å². The Labute approximate surface area is 192 Å². The fraction of sp³-hybridized carbons (Fsp3) is 0.500. The summed E-state index contributed by atoms with van der Waals surface area (Å²) in [5, 5.41) is 0. The van der Waals surface area contributed by atoms with E-state index in [0.717, 1.165) is 28.0 Å². The molecule has 6 heteroatoms. The summed E-state index contributed by atoms with van der Waals surface area (Å²) in [6, 6.07) is 4.49. The van der Waals surface area contributed by atoms with Crippen LogP contribution < -0.4 is 10.4 Å². The summed E-state index contributed by atoms with van der Waals surface area (Å²) < 4.78 is 22.3. The largest absolute Gasteiger partial charge is 0.665 e. The first-order chi connectivity index (χ1) is 14.7. The average molecular weight is 434 g/mol. The van der Waals surface area contributed by atoms with Crippen LogP contribution in [0.2, 0.25) is 0 Å². The molecule has 5 rings (SSSR count). The van der Waals surface area contributed by atoms with Crippen LogP contribution in [0.4, 0.5) is 5.69 Å². The minimum atomic E-state index is -2.11. The normalized spacial score (nSPS) is 24.8. The Morgan fingerprint density at radius 3 is 2.09 bits per heavy atom. The molecule has 5 nitrogen and oxygen atoms in total. The van der Waals surface area contributed by atoms with Crippen LogP contribution in [0.5, 0.6) is 0 Å². The lowest BCUT2D eigenvalue weighted by molar-refractivity contribution is -0.462. The van der Waals surface area contributed by atoms with Crippen LogP contribution in [-0.2, 0) is 19.4 Å². The number of hydrogen-bond acceptors (Lipinski definition) is 4. The van der Waals surface area contributed by atoms with Crippen molar-refractivity contribution in [1.29, 1.82) is 0 Å². The molecule has 4 aliphatic rings. The smallest absolute Gasteiger partial charge is 0.467 e. The zero-order valence-electron chi connectivity index (χ0n) is 21.1. The number of allylic oxidation sites excluding steroid dienone is 5. The van der Waals surface area contributed by atoms with Gasteiger partial charge in [0.05, 0.1) is 5.76 Å². The lowest BCUT2D eigenvalue weighted by Crippen LogP contribution is -2.51. The Kier molecular flexibility index (Phi) is 4.16. The van der Waals surface area contributed by atoms with Crippen LogP contribution in [0, 0.1) is 0 Å².